The summed E-state index contributed by atoms with van der Waals surface area (Å²) in [6.45, 7) is 4.32. The minimum absolute atomic E-state index is 0.0801. The van der Waals surface area contributed by atoms with Crippen LogP contribution in [0, 0.1) is 34.5 Å². The molecule has 3 fully saturated rings. The van der Waals surface area contributed by atoms with Gasteiger partial charge in [0.05, 0.1) is 6.10 Å². The van der Waals surface area contributed by atoms with E-state index in [2.05, 4.69) is 19.9 Å². The predicted molar refractivity (Wildman–Crippen MR) is 83.0 cm³/mol. The van der Waals surface area contributed by atoms with Crippen molar-refractivity contribution in [2.24, 2.45) is 34.5 Å². The number of rotatable bonds is 0. The minimum Gasteiger partial charge on any atom is -0.393 e. The van der Waals surface area contributed by atoms with Crippen molar-refractivity contribution in [1.29, 1.82) is 0 Å². The molecule has 22 heavy (non-hydrogen) atoms. The fourth-order valence-corrected chi connectivity index (χ4v) is 6.53. The van der Waals surface area contributed by atoms with E-state index in [1.54, 1.807) is 6.08 Å². The predicted octanol–water partition coefficient (Wildman–Crippen LogP) is 2.91. The molecule has 4 aliphatic rings. The zero-order valence-electron chi connectivity index (χ0n) is 13.5. The quantitative estimate of drug-likeness (QED) is 0.748. The van der Waals surface area contributed by atoms with Gasteiger partial charge < -0.3 is 5.11 Å². The number of hydrogen-bond donors (Lipinski definition) is 1. The summed E-state index contributed by atoms with van der Waals surface area (Å²) in [7, 11) is 0. The monoisotopic (exact) mass is 302 g/mol. The second-order valence-electron chi connectivity index (χ2n) is 8.59. The molecule has 0 aromatic heterocycles. The average molecular weight is 302 g/mol. The third-order valence-electron chi connectivity index (χ3n) is 7.69. The second-order valence-corrected chi connectivity index (χ2v) is 8.59. The van der Waals surface area contributed by atoms with E-state index in [0.29, 0.717) is 42.8 Å². The SMILES string of the molecule is CC12CC(O)C3C(CCC4CC(=O)C=CC43C)C1CCC2=O. The normalized spacial score (nSPS) is 53.9. The minimum atomic E-state index is -0.418. The van der Waals surface area contributed by atoms with Crippen LogP contribution >= 0.6 is 0 Å². The first-order valence-corrected chi connectivity index (χ1v) is 8.80. The van der Waals surface area contributed by atoms with E-state index in [-0.39, 0.29) is 22.5 Å². The highest BCUT2D eigenvalue weighted by molar-refractivity contribution is 5.91. The summed E-state index contributed by atoms with van der Waals surface area (Å²) in [5, 5.41) is 10.9. The van der Waals surface area contributed by atoms with Gasteiger partial charge in [-0.1, -0.05) is 19.9 Å². The Labute approximate surface area is 132 Å². The van der Waals surface area contributed by atoms with Gasteiger partial charge in [-0.25, -0.2) is 0 Å². The lowest BCUT2D eigenvalue weighted by atomic mass is 9.45. The number of ketones is 2. The van der Waals surface area contributed by atoms with Crippen molar-refractivity contribution in [2.45, 2.75) is 58.5 Å². The molecule has 0 aliphatic heterocycles. The van der Waals surface area contributed by atoms with Gasteiger partial charge in [-0.05, 0) is 60.8 Å². The van der Waals surface area contributed by atoms with Crippen molar-refractivity contribution in [1.82, 2.24) is 0 Å². The van der Waals surface area contributed by atoms with Gasteiger partial charge in [0.15, 0.2) is 5.78 Å². The Kier molecular flexibility index (Phi) is 3.01. The highest BCUT2D eigenvalue weighted by atomic mass is 16.3. The molecule has 7 unspecified atom stereocenters. The van der Waals surface area contributed by atoms with Crippen LogP contribution < -0.4 is 0 Å². The second kappa shape index (κ2) is 4.53. The van der Waals surface area contributed by atoms with Gasteiger partial charge in [0.25, 0.3) is 0 Å². The molecular formula is C19H26O3. The zero-order valence-corrected chi connectivity index (χ0v) is 13.5. The molecule has 3 heteroatoms. The lowest BCUT2D eigenvalue weighted by molar-refractivity contribution is -0.155. The maximum atomic E-state index is 12.4. The topological polar surface area (TPSA) is 54.4 Å². The molecule has 0 radical (unpaired) electrons. The lowest BCUT2D eigenvalue weighted by Crippen LogP contribution is -2.58. The zero-order chi connectivity index (χ0) is 15.7. The van der Waals surface area contributed by atoms with Crippen molar-refractivity contribution in [2.75, 3.05) is 0 Å². The van der Waals surface area contributed by atoms with Gasteiger partial charge in [0.2, 0.25) is 0 Å². The Morgan fingerprint density at radius 3 is 2.73 bits per heavy atom. The highest BCUT2D eigenvalue weighted by Crippen LogP contribution is 2.64. The van der Waals surface area contributed by atoms with Crippen LogP contribution in [0.5, 0.6) is 0 Å². The Morgan fingerprint density at radius 1 is 1.18 bits per heavy atom. The summed E-state index contributed by atoms with van der Waals surface area (Å²) in [6, 6.07) is 0. The molecule has 7 atom stereocenters. The number of allylic oxidation sites excluding steroid dienone is 2. The number of Topliss-reactive ketones (excluding diaryl/α,β-unsaturated/α-hetero) is 1. The molecule has 120 valence electrons. The number of aliphatic hydroxyl groups is 1. The molecule has 0 aromatic carbocycles. The first-order valence-electron chi connectivity index (χ1n) is 8.80. The molecule has 0 amide bonds. The van der Waals surface area contributed by atoms with Gasteiger partial charge in [-0.2, -0.15) is 0 Å². The summed E-state index contributed by atoms with van der Waals surface area (Å²) in [5.41, 5.74) is -0.388. The van der Waals surface area contributed by atoms with Crippen LogP contribution in [0.1, 0.15) is 52.4 Å². The molecule has 0 heterocycles. The van der Waals surface area contributed by atoms with E-state index in [1.807, 2.05) is 0 Å². The van der Waals surface area contributed by atoms with Gasteiger partial charge >= 0.3 is 0 Å². The number of carbonyl (C=O) groups is 2. The standard InChI is InChI=1S/C19H26O3/c1-18-8-7-12(20)9-11(18)3-4-13-14-5-6-16(22)19(14,2)10-15(21)17(13)18/h7-8,11,13-15,17,21H,3-6,9-10H2,1-2H3. The number of aliphatic hydroxyl groups excluding tert-OH is 1. The van der Waals surface area contributed by atoms with Gasteiger partial charge in [-0.15, -0.1) is 0 Å². The van der Waals surface area contributed by atoms with Crippen LogP contribution in [0.25, 0.3) is 0 Å². The highest BCUT2D eigenvalue weighted by Gasteiger charge is 2.62. The van der Waals surface area contributed by atoms with Crippen LogP contribution in [-0.4, -0.2) is 22.8 Å². The van der Waals surface area contributed by atoms with Crippen LogP contribution in [0.3, 0.4) is 0 Å². The molecule has 0 bridgehead atoms. The number of carbonyl (C=O) groups excluding carboxylic acids is 2. The molecular weight excluding hydrogens is 276 g/mol. The maximum absolute atomic E-state index is 12.4. The third-order valence-corrected chi connectivity index (χ3v) is 7.69. The summed E-state index contributed by atoms with van der Waals surface area (Å²) >= 11 is 0. The smallest absolute Gasteiger partial charge is 0.155 e. The Balaban J connectivity index is 1.75. The van der Waals surface area contributed by atoms with Crippen molar-refractivity contribution in [3.05, 3.63) is 12.2 Å². The first-order chi connectivity index (χ1) is 10.4. The van der Waals surface area contributed by atoms with Crippen LogP contribution in [0.15, 0.2) is 12.2 Å². The molecule has 0 aromatic rings. The van der Waals surface area contributed by atoms with Crippen LogP contribution in [-0.2, 0) is 9.59 Å². The summed E-state index contributed by atoms with van der Waals surface area (Å²) in [6.07, 6.45) is 8.45. The van der Waals surface area contributed by atoms with E-state index in [4.69, 9.17) is 0 Å². The number of hydrogen-bond acceptors (Lipinski definition) is 3. The molecule has 3 nitrogen and oxygen atoms in total. The van der Waals surface area contributed by atoms with E-state index < -0.39 is 6.10 Å². The van der Waals surface area contributed by atoms with Crippen molar-refractivity contribution >= 4 is 11.6 Å². The Hall–Kier alpha value is -0.960. The largest absolute Gasteiger partial charge is 0.393 e. The lowest BCUT2D eigenvalue weighted by Gasteiger charge is -2.59. The van der Waals surface area contributed by atoms with Gasteiger partial charge in [0, 0.05) is 18.3 Å². The maximum Gasteiger partial charge on any atom is 0.155 e. The van der Waals surface area contributed by atoms with Crippen molar-refractivity contribution in [3.8, 4) is 0 Å². The summed E-state index contributed by atoms with van der Waals surface area (Å²) in [5.74, 6) is 2.02. The van der Waals surface area contributed by atoms with E-state index in [9.17, 15) is 14.7 Å². The summed E-state index contributed by atoms with van der Waals surface area (Å²) < 4.78 is 0. The Morgan fingerprint density at radius 2 is 1.95 bits per heavy atom. The molecule has 4 aliphatic carbocycles. The average Bonchev–Trinajstić information content (AvgIpc) is 2.75. The Bertz CT molecular complexity index is 565. The van der Waals surface area contributed by atoms with Crippen LogP contribution in [0.4, 0.5) is 0 Å². The van der Waals surface area contributed by atoms with E-state index in [1.165, 1.54) is 0 Å². The molecule has 0 spiro atoms. The van der Waals surface area contributed by atoms with Gasteiger partial charge in [-0.3, -0.25) is 9.59 Å². The first kappa shape index (κ1) is 14.6. The van der Waals surface area contributed by atoms with E-state index in [0.717, 1.165) is 19.3 Å². The fraction of sp³-hybridized carbons (Fsp3) is 0.789. The van der Waals surface area contributed by atoms with Crippen molar-refractivity contribution in [3.63, 3.8) is 0 Å². The van der Waals surface area contributed by atoms with E-state index >= 15 is 0 Å². The number of fused-ring (bicyclic) bond motifs is 5. The summed E-state index contributed by atoms with van der Waals surface area (Å²) in [4.78, 5) is 24.2. The third kappa shape index (κ3) is 1.72. The van der Waals surface area contributed by atoms with Crippen LogP contribution in [0.2, 0.25) is 0 Å². The molecule has 4 rings (SSSR count). The fourth-order valence-electron chi connectivity index (χ4n) is 6.53. The molecule has 0 saturated heterocycles. The van der Waals surface area contributed by atoms with Crippen molar-refractivity contribution < 1.29 is 14.7 Å². The molecule has 1 N–H and O–H groups in total. The van der Waals surface area contributed by atoms with Gasteiger partial charge in [0.1, 0.15) is 5.78 Å². The molecule has 3 saturated carbocycles.